The van der Waals surface area contributed by atoms with E-state index in [1.165, 1.54) is 21.5 Å². The minimum atomic E-state index is 0.588. The second-order valence-corrected chi connectivity index (χ2v) is 16.4. The van der Waals surface area contributed by atoms with Crippen molar-refractivity contribution in [2.45, 2.75) is 0 Å². The summed E-state index contributed by atoms with van der Waals surface area (Å²) in [5.41, 5.74) is 12.1. The average Bonchev–Trinajstić information content (AvgIpc) is 3.90. The molecule has 0 fully saturated rings. The van der Waals surface area contributed by atoms with Crippen molar-refractivity contribution in [2.24, 2.45) is 0 Å². The summed E-state index contributed by atoms with van der Waals surface area (Å²) in [5.74, 6) is 1.81. The van der Waals surface area contributed by atoms with Gasteiger partial charge in [0.25, 0.3) is 0 Å². The Bertz CT molecular complexity index is 3940. The SMILES string of the molecule is c1ccc(-c2ccc(-c3nc(-c4ccccc4)nc(-c4ccc(-n5c6ccccc6c6cc7ccccc7cc65)c(-c5c6ccccc6cc6oc7ccccc7c56)c4)n3)cc2)cc1. The molecular weight excluding hydrogens is 781 g/mol. The van der Waals surface area contributed by atoms with Gasteiger partial charge in [0.05, 0.1) is 16.7 Å². The Morgan fingerprint density at radius 3 is 1.61 bits per heavy atom. The molecule has 13 aromatic rings. The monoisotopic (exact) mass is 816 g/mol. The van der Waals surface area contributed by atoms with E-state index in [0.717, 1.165) is 88.4 Å². The smallest absolute Gasteiger partial charge is 0.164 e. The lowest BCUT2D eigenvalue weighted by molar-refractivity contribution is 0.669. The lowest BCUT2D eigenvalue weighted by atomic mass is 9.91. The van der Waals surface area contributed by atoms with Gasteiger partial charge in [-0.25, -0.2) is 15.0 Å². The van der Waals surface area contributed by atoms with Gasteiger partial charge in [0.15, 0.2) is 17.5 Å². The lowest BCUT2D eigenvalue weighted by Crippen LogP contribution is -2.02. The standard InChI is InChI=1S/C59H36N4O/c1-3-15-37(16-4-1)38-27-29-40(30-28-38)58-60-57(39-17-5-2-6-18-39)61-59(62-58)44-31-32-51(63-50-25-13-11-23-46(50)48-33-41-19-7-8-20-42(41)35-52(48)63)49(34-44)55-45-22-10-9-21-43(45)36-54-56(55)47-24-12-14-26-53(47)64-54/h1-36H. The largest absolute Gasteiger partial charge is 0.456 e. The summed E-state index contributed by atoms with van der Waals surface area (Å²) in [5, 5.41) is 9.16. The molecule has 10 aromatic carbocycles. The van der Waals surface area contributed by atoms with Crippen molar-refractivity contribution in [3.05, 3.63) is 218 Å². The highest BCUT2D eigenvalue weighted by molar-refractivity contribution is 6.22. The first kappa shape index (κ1) is 36.0. The maximum atomic E-state index is 6.68. The van der Waals surface area contributed by atoms with Gasteiger partial charge in [0.1, 0.15) is 11.2 Å². The van der Waals surface area contributed by atoms with Gasteiger partial charge in [-0.15, -0.1) is 0 Å². The molecule has 0 aliphatic rings. The number of para-hydroxylation sites is 2. The first-order chi connectivity index (χ1) is 31.7. The van der Waals surface area contributed by atoms with Crippen LogP contribution in [0.1, 0.15) is 0 Å². The van der Waals surface area contributed by atoms with Crippen molar-refractivity contribution in [1.29, 1.82) is 0 Å². The molecule has 0 saturated carbocycles. The molecule has 5 heteroatoms. The molecule has 64 heavy (non-hydrogen) atoms. The number of hydrogen-bond acceptors (Lipinski definition) is 4. The number of nitrogens with zero attached hydrogens (tertiary/aromatic N) is 4. The fourth-order valence-electron chi connectivity index (χ4n) is 9.61. The second-order valence-electron chi connectivity index (χ2n) is 16.4. The molecule has 0 atom stereocenters. The summed E-state index contributed by atoms with van der Waals surface area (Å²) < 4.78 is 9.12. The van der Waals surface area contributed by atoms with Crippen molar-refractivity contribution < 1.29 is 4.42 Å². The first-order valence-electron chi connectivity index (χ1n) is 21.6. The molecule has 0 bridgehead atoms. The second kappa shape index (κ2) is 14.5. The third-order valence-electron chi connectivity index (χ3n) is 12.6. The Hall–Kier alpha value is -8.67. The van der Waals surface area contributed by atoms with Gasteiger partial charge in [-0.05, 0) is 81.2 Å². The van der Waals surface area contributed by atoms with E-state index in [1.807, 2.05) is 30.3 Å². The van der Waals surface area contributed by atoms with E-state index in [-0.39, 0.29) is 0 Å². The van der Waals surface area contributed by atoms with E-state index in [4.69, 9.17) is 19.4 Å². The topological polar surface area (TPSA) is 56.7 Å². The van der Waals surface area contributed by atoms with Crippen LogP contribution in [-0.2, 0) is 0 Å². The molecule has 3 aromatic heterocycles. The fraction of sp³-hybridized carbons (Fsp3) is 0. The maximum absolute atomic E-state index is 6.68. The average molecular weight is 817 g/mol. The number of furan rings is 1. The summed E-state index contributed by atoms with van der Waals surface area (Å²) in [7, 11) is 0. The van der Waals surface area contributed by atoms with Gasteiger partial charge in [-0.3, -0.25) is 0 Å². The zero-order valence-electron chi connectivity index (χ0n) is 34.5. The summed E-state index contributed by atoms with van der Waals surface area (Å²) in [4.78, 5) is 15.6. The van der Waals surface area contributed by atoms with Crippen LogP contribution >= 0.6 is 0 Å². The molecule has 0 N–H and O–H groups in total. The highest BCUT2D eigenvalue weighted by atomic mass is 16.3. The number of aromatic nitrogens is 4. The molecule has 13 rings (SSSR count). The van der Waals surface area contributed by atoms with E-state index in [0.29, 0.717) is 17.5 Å². The highest BCUT2D eigenvalue weighted by Crippen LogP contribution is 2.46. The highest BCUT2D eigenvalue weighted by Gasteiger charge is 2.24. The van der Waals surface area contributed by atoms with Gasteiger partial charge < -0.3 is 8.98 Å². The molecule has 0 spiro atoms. The normalized spacial score (nSPS) is 11.8. The molecule has 298 valence electrons. The predicted molar refractivity (Wildman–Crippen MR) is 264 cm³/mol. The Morgan fingerprint density at radius 2 is 0.859 bits per heavy atom. The van der Waals surface area contributed by atoms with Crippen LogP contribution < -0.4 is 0 Å². The minimum Gasteiger partial charge on any atom is -0.456 e. The third-order valence-corrected chi connectivity index (χ3v) is 12.6. The molecule has 0 unspecified atom stereocenters. The van der Waals surface area contributed by atoms with Crippen molar-refractivity contribution in [3.8, 4) is 62.1 Å². The summed E-state index contributed by atoms with van der Waals surface area (Å²) in [6.45, 7) is 0. The van der Waals surface area contributed by atoms with E-state index in [2.05, 4.69) is 193 Å². The zero-order valence-corrected chi connectivity index (χ0v) is 34.5. The van der Waals surface area contributed by atoms with Crippen LogP contribution in [0.25, 0.3) is 127 Å². The Labute approximate surface area is 368 Å². The van der Waals surface area contributed by atoms with Gasteiger partial charge in [-0.1, -0.05) is 170 Å². The van der Waals surface area contributed by atoms with E-state index < -0.39 is 0 Å². The Kier molecular flexibility index (Phi) is 8.15. The van der Waals surface area contributed by atoms with Gasteiger partial charge in [0.2, 0.25) is 0 Å². The van der Waals surface area contributed by atoms with Crippen LogP contribution in [0, 0.1) is 0 Å². The quantitative estimate of drug-likeness (QED) is 0.168. The summed E-state index contributed by atoms with van der Waals surface area (Å²) >= 11 is 0. The predicted octanol–water partition coefficient (Wildman–Crippen LogP) is 15.5. The van der Waals surface area contributed by atoms with Crippen molar-refractivity contribution >= 4 is 65.3 Å². The van der Waals surface area contributed by atoms with E-state index in [9.17, 15) is 0 Å². The summed E-state index contributed by atoms with van der Waals surface area (Å²) in [6.07, 6.45) is 0. The number of fused-ring (bicyclic) bond motifs is 8. The van der Waals surface area contributed by atoms with Crippen molar-refractivity contribution in [2.75, 3.05) is 0 Å². The van der Waals surface area contributed by atoms with Crippen LogP contribution in [0.3, 0.4) is 0 Å². The maximum Gasteiger partial charge on any atom is 0.164 e. The van der Waals surface area contributed by atoms with Crippen molar-refractivity contribution in [1.82, 2.24) is 19.5 Å². The van der Waals surface area contributed by atoms with E-state index >= 15 is 0 Å². The number of benzene rings is 10. The molecular formula is C59H36N4O. The van der Waals surface area contributed by atoms with Gasteiger partial charge in [-0.2, -0.15) is 0 Å². The molecule has 3 heterocycles. The first-order valence-corrected chi connectivity index (χ1v) is 21.6. The minimum absolute atomic E-state index is 0.588. The fourth-order valence-corrected chi connectivity index (χ4v) is 9.61. The molecule has 5 nitrogen and oxygen atoms in total. The van der Waals surface area contributed by atoms with Crippen LogP contribution in [0.15, 0.2) is 223 Å². The molecule has 0 radical (unpaired) electrons. The molecule has 0 aliphatic carbocycles. The van der Waals surface area contributed by atoms with Gasteiger partial charge in [0, 0.05) is 49.4 Å². The number of rotatable bonds is 6. The molecule has 0 amide bonds. The zero-order chi connectivity index (χ0) is 42.1. The van der Waals surface area contributed by atoms with Crippen LogP contribution in [0.5, 0.6) is 0 Å². The molecule has 0 saturated heterocycles. The lowest BCUT2D eigenvalue weighted by Gasteiger charge is -2.18. The Morgan fingerprint density at radius 1 is 0.328 bits per heavy atom. The Balaban J connectivity index is 1.12. The number of hydrogen-bond donors (Lipinski definition) is 0. The van der Waals surface area contributed by atoms with E-state index in [1.54, 1.807) is 0 Å². The third kappa shape index (κ3) is 5.83. The molecule has 0 aliphatic heterocycles. The summed E-state index contributed by atoms with van der Waals surface area (Å²) in [6, 6.07) is 77.0. The van der Waals surface area contributed by atoms with Crippen LogP contribution in [0.2, 0.25) is 0 Å². The van der Waals surface area contributed by atoms with Gasteiger partial charge >= 0.3 is 0 Å². The van der Waals surface area contributed by atoms with Crippen LogP contribution in [-0.4, -0.2) is 19.5 Å². The van der Waals surface area contributed by atoms with Crippen LogP contribution in [0.4, 0.5) is 0 Å². The van der Waals surface area contributed by atoms with Crippen molar-refractivity contribution in [3.63, 3.8) is 0 Å².